The Bertz CT molecular complexity index is 796. The highest BCUT2D eigenvalue weighted by Gasteiger charge is 2.10. The molecule has 0 unspecified atom stereocenters. The van der Waals surface area contributed by atoms with Gasteiger partial charge in [-0.2, -0.15) is 0 Å². The third-order valence-electron chi connectivity index (χ3n) is 5.15. The first-order chi connectivity index (χ1) is 14.1. The molecule has 0 saturated carbocycles. The fourth-order valence-corrected chi connectivity index (χ4v) is 3.26. The van der Waals surface area contributed by atoms with Crippen molar-refractivity contribution in [2.45, 2.75) is 33.4 Å². The second-order valence-corrected chi connectivity index (χ2v) is 7.46. The summed E-state index contributed by atoms with van der Waals surface area (Å²) in [6, 6.07) is 8.46. The maximum Gasteiger partial charge on any atom is 0.191 e. The Hall–Kier alpha value is -2.45. The number of ether oxygens (including phenoxy) is 1. The third-order valence-corrected chi connectivity index (χ3v) is 5.15. The van der Waals surface area contributed by atoms with Gasteiger partial charge in [-0.25, -0.2) is 4.99 Å². The van der Waals surface area contributed by atoms with E-state index in [0.717, 1.165) is 63.4 Å². The van der Waals surface area contributed by atoms with E-state index in [-0.39, 0.29) is 0 Å². The molecule has 0 spiro atoms. The van der Waals surface area contributed by atoms with Crippen molar-refractivity contribution in [1.29, 1.82) is 0 Å². The molecule has 3 rings (SSSR count). The van der Waals surface area contributed by atoms with Crippen molar-refractivity contribution in [1.82, 2.24) is 30.3 Å². The quantitative estimate of drug-likeness (QED) is 0.397. The van der Waals surface area contributed by atoms with Crippen LogP contribution in [0, 0.1) is 13.8 Å². The minimum Gasteiger partial charge on any atom is -0.379 e. The van der Waals surface area contributed by atoms with Gasteiger partial charge in [0.25, 0.3) is 0 Å². The average Bonchev–Trinajstić information content (AvgIpc) is 3.05. The van der Waals surface area contributed by atoms with Crippen LogP contribution >= 0.6 is 0 Å². The van der Waals surface area contributed by atoms with E-state index in [0.29, 0.717) is 13.1 Å². The number of hydrogen-bond donors (Lipinski definition) is 2. The molecule has 1 saturated heterocycles. The molecule has 1 aromatic carbocycles. The van der Waals surface area contributed by atoms with Gasteiger partial charge in [0.1, 0.15) is 5.82 Å². The van der Waals surface area contributed by atoms with E-state index in [1.807, 2.05) is 18.5 Å². The Morgan fingerprint density at radius 3 is 2.72 bits per heavy atom. The molecule has 1 fully saturated rings. The number of morpholine rings is 1. The molecule has 2 N–H and O–H groups in total. The molecular formula is C21H33N7O. The average molecular weight is 400 g/mol. The summed E-state index contributed by atoms with van der Waals surface area (Å²) in [6.45, 7) is 11.0. The number of nitrogens with zero attached hydrogens (tertiary/aromatic N) is 5. The largest absolute Gasteiger partial charge is 0.379 e. The Labute approximate surface area is 173 Å². The highest BCUT2D eigenvalue weighted by Crippen LogP contribution is 2.05. The van der Waals surface area contributed by atoms with Crippen molar-refractivity contribution in [2.24, 2.45) is 12.0 Å². The molecule has 0 amide bonds. The number of aryl methyl sites for hydroxylation is 2. The van der Waals surface area contributed by atoms with Crippen molar-refractivity contribution in [3.8, 4) is 0 Å². The van der Waals surface area contributed by atoms with Gasteiger partial charge in [-0.05, 0) is 32.4 Å². The smallest absolute Gasteiger partial charge is 0.191 e. The highest BCUT2D eigenvalue weighted by molar-refractivity contribution is 5.79. The molecular weight excluding hydrogens is 366 g/mol. The van der Waals surface area contributed by atoms with Crippen LogP contribution in [0.3, 0.4) is 0 Å². The van der Waals surface area contributed by atoms with Gasteiger partial charge in [-0.15, -0.1) is 10.2 Å². The first kappa shape index (κ1) is 21.3. The summed E-state index contributed by atoms with van der Waals surface area (Å²) in [7, 11) is 1.98. The van der Waals surface area contributed by atoms with Crippen LogP contribution in [0.25, 0.3) is 0 Å². The monoisotopic (exact) mass is 399 g/mol. The summed E-state index contributed by atoms with van der Waals surface area (Å²) in [5.74, 6) is 2.59. The van der Waals surface area contributed by atoms with Crippen LogP contribution in [0.2, 0.25) is 0 Å². The van der Waals surface area contributed by atoms with Gasteiger partial charge in [0, 0.05) is 26.7 Å². The molecule has 1 aromatic heterocycles. The molecule has 0 radical (unpaired) electrons. The van der Waals surface area contributed by atoms with Crippen molar-refractivity contribution < 1.29 is 4.74 Å². The molecule has 1 aliphatic heterocycles. The molecule has 0 atom stereocenters. The molecule has 8 nitrogen and oxygen atoms in total. The standard InChI is InChI=1S/C21H33N7O/c1-17-6-4-7-19(14-17)15-23-21(24-16-20-26-25-18(2)27(20)3)22-8-5-9-28-10-12-29-13-11-28/h4,6-7,14H,5,8-13,15-16H2,1-3H3,(H2,22,23,24). The lowest BCUT2D eigenvalue weighted by molar-refractivity contribution is 0.0376. The number of hydrogen-bond acceptors (Lipinski definition) is 5. The summed E-state index contributed by atoms with van der Waals surface area (Å²) in [5.41, 5.74) is 2.45. The molecule has 8 heteroatoms. The van der Waals surface area contributed by atoms with Crippen LogP contribution in [-0.2, 0) is 24.9 Å². The lowest BCUT2D eigenvalue weighted by atomic mass is 10.1. The van der Waals surface area contributed by atoms with Gasteiger partial charge in [-0.1, -0.05) is 29.8 Å². The fourth-order valence-electron chi connectivity index (χ4n) is 3.26. The van der Waals surface area contributed by atoms with Gasteiger partial charge in [-0.3, -0.25) is 4.90 Å². The SMILES string of the molecule is Cc1cccc(CN=C(NCCCN2CCOCC2)NCc2nnc(C)n2C)c1. The molecule has 0 aliphatic carbocycles. The van der Waals surface area contributed by atoms with E-state index in [9.17, 15) is 0 Å². The van der Waals surface area contributed by atoms with Gasteiger partial charge in [0.2, 0.25) is 0 Å². The Kier molecular flexibility index (Phi) is 8.01. The van der Waals surface area contributed by atoms with Crippen molar-refractivity contribution in [2.75, 3.05) is 39.4 Å². The van der Waals surface area contributed by atoms with Crippen molar-refractivity contribution in [3.05, 3.63) is 47.0 Å². The van der Waals surface area contributed by atoms with Gasteiger partial charge >= 0.3 is 0 Å². The van der Waals surface area contributed by atoms with Gasteiger partial charge in [0.15, 0.2) is 11.8 Å². The van der Waals surface area contributed by atoms with E-state index < -0.39 is 0 Å². The van der Waals surface area contributed by atoms with Crippen molar-refractivity contribution >= 4 is 5.96 Å². The molecule has 158 valence electrons. The number of nitrogens with one attached hydrogen (secondary N) is 2. The minimum atomic E-state index is 0.584. The number of aliphatic imine (C=N–C) groups is 1. The Morgan fingerprint density at radius 1 is 1.17 bits per heavy atom. The van der Waals surface area contributed by atoms with E-state index in [4.69, 9.17) is 9.73 Å². The van der Waals surface area contributed by atoms with Crippen LogP contribution in [-0.4, -0.2) is 65.0 Å². The summed E-state index contributed by atoms with van der Waals surface area (Å²) in [5, 5.41) is 15.2. The first-order valence-corrected chi connectivity index (χ1v) is 10.3. The number of aromatic nitrogens is 3. The number of rotatable bonds is 8. The highest BCUT2D eigenvalue weighted by atomic mass is 16.5. The van der Waals surface area contributed by atoms with E-state index in [1.165, 1.54) is 11.1 Å². The molecule has 0 bridgehead atoms. The van der Waals surface area contributed by atoms with Crippen LogP contribution < -0.4 is 10.6 Å². The molecule has 1 aliphatic rings. The maximum absolute atomic E-state index is 5.41. The predicted molar refractivity (Wildman–Crippen MR) is 115 cm³/mol. The summed E-state index contributed by atoms with van der Waals surface area (Å²) in [6.07, 6.45) is 1.06. The van der Waals surface area contributed by atoms with Crippen LogP contribution in [0.4, 0.5) is 0 Å². The van der Waals surface area contributed by atoms with Crippen LogP contribution in [0.1, 0.15) is 29.2 Å². The van der Waals surface area contributed by atoms with Crippen LogP contribution in [0.15, 0.2) is 29.3 Å². The maximum atomic E-state index is 5.41. The number of benzene rings is 1. The zero-order chi connectivity index (χ0) is 20.5. The zero-order valence-corrected chi connectivity index (χ0v) is 17.8. The summed E-state index contributed by atoms with van der Waals surface area (Å²) in [4.78, 5) is 7.22. The van der Waals surface area contributed by atoms with Gasteiger partial charge in [0.05, 0.1) is 26.3 Å². The molecule has 2 aromatic rings. The zero-order valence-electron chi connectivity index (χ0n) is 17.8. The van der Waals surface area contributed by atoms with E-state index in [1.54, 1.807) is 0 Å². The Morgan fingerprint density at radius 2 is 2.00 bits per heavy atom. The molecule has 29 heavy (non-hydrogen) atoms. The van der Waals surface area contributed by atoms with Gasteiger partial charge < -0.3 is 19.9 Å². The lowest BCUT2D eigenvalue weighted by Crippen LogP contribution is -2.40. The van der Waals surface area contributed by atoms with Crippen LogP contribution in [0.5, 0.6) is 0 Å². The van der Waals surface area contributed by atoms with E-state index >= 15 is 0 Å². The second-order valence-electron chi connectivity index (χ2n) is 7.46. The normalized spacial score (nSPS) is 15.5. The summed E-state index contributed by atoms with van der Waals surface area (Å²) >= 11 is 0. The third kappa shape index (κ3) is 6.83. The number of guanidine groups is 1. The minimum absolute atomic E-state index is 0.584. The van der Waals surface area contributed by atoms with Crippen molar-refractivity contribution in [3.63, 3.8) is 0 Å². The predicted octanol–water partition coefficient (Wildman–Crippen LogP) is 1.39. The fraction of sp³-hybridized carbons (Fsp3) is 0.571. The Balaban J connectivity index is 1.54. The lowest BCUT2D eigenvalue weighted by Gasteiger charge is -2.26. The van der Waals surface area contributed by atoms with E-state index in [2.05, 4.69) is 56.9 Å². The topological polar surface area (TPSA) is 79.6 Å². The second kappa shape index (κ2) is 10.9. The molecule has 2 heterocycles. The summed E-state index contributed by atoms with van der Waals surface area (Å²) < 4.78 is 7.40. The first-order valence-electron chi connectivity index (χ1n) is 10.3.